The SMILES string of the molecule is COCc1cc(Cc2cc(C(C)O)c(O)c(C(C)O)c2)cc(COC)c1O. The smallest absolute Gasteiger partial charge is 0.127 e. The van der Waals surface area contributed by atoms with Crippen LogP contribution in [0.2, 0.25) is 0 Å². The molecular formula is C21H28O6. The van der Waals surface area contributed by atoms with Crippen LogP contribution in [0.1, 0.15) is 59.4 Å². The normalized spacial score (nSPS) is 13.6. The van der Waals surface area contributed by atoms with Crippen molar-refractivity contribution < 1.29 is 29.9 Å². The van der Waals surface area contributed by atoms with E-state index >= 15 is 0 Å². The van der Waals surface area contributed by atoms with Gasteiger partial charge in [-0.15, -0.1) is 0 Å². The molecule has 0 bridgehead atoms. The number of ether oxygens (including phenoxy) is 2. The summed E-state index contributed by atoms with van der Waals surface area (Å²) in [5.74, 6) is 0.0668. The fourth-order valence-electron chi connectivity index (χ4n) is 3.18. The van der Waals surface area contributed by atoms with Crippen molar-refractivity contribution in [3.05, 3.63) is 57.6 Å². The lowest BCUT2D eigenvalue weighted by atomic mass is 9.93. The van der Waals surface area contributed by atoms with E-state index in [1.54, 1.807) is 40.2 Å². The molecule has 27 heavy (non-hydrogen) atoms. The largest absolute Gasteiger partial charge is 0.507 e. The molecule has 2 rings (SSSR count). The zero-order valence-corrected chi connectivity index (χ0v) is 16.2. The van der Waals surface area contributed by atoms with E-state index in [0.29, 0.717) is 28.7 Å². The van der Waals surface area contributed by atoms with Crippen LogP contribution in [0.4, 0.5) is 0 Å². The van der Waals surface area contributed by atoms with E-state index in [1.165, 1.54) is 0 Å². The number of hydrogen-bond donors (Lipinski definition) is 4. The second-order valence-electron chi connectivity index (χ2n) is 6.78. The third kappa shape index (κ3) is 4.99. The Hall–Kier alpha value is -2.12. The zero-order chi connectivity index (χ0) is 20.1. The van der Waals surface area contributed by atoms with Gasteiger partial charge in [-0.1, -0.05) is 0 Å². The summed E-state index contributed by atoms with van der Waals surface area (Å²) < 4.78 is 10.3. The van der Waals surface area contributed by atoms with E-state index in [4.69, 9.17) is 9.47 Å². The predicted octanol–water partition coefficient (Wildman–Crippen LogP) is 3.09. The Balaban J connectivity index is 2.49. The lowest BCUT2D eigenvalue weighted by Gasteiger charge is -2.17. The molecular weight excluding hydrogens is 348 g/mol. The highest BCUT2D eigenvalue weighted by Gasteiger charge is 2.18. The number of aliphatic hydroxyl groups excluding tert-OH is 2. The highest BCUT2D eigenvalue weighted by atomic mass is 16.5. The molecule has 0 fully saturated rings. The first-order chi connectivity index (χ1) is 12.8. The summed E-state index contributed by atoms with van der Waals surface area (Å²) in [7, 11) is 3.12. The van der Waals surface area contributed by atoms with Crippen molar-refractivity contribution >= 4 is 0 Å². The molecule has 2 aromatic carbocycles. The van der Waals surface area contributed by atoms with Crippen molar-refractivity contribution in [1.82, 2.24) is 0 Å². The van der Waals surface area contributed by atoms with Crippen molar-refractivity contribution in [2.24, 2.45) is 0 Å². The Morgan fingerprint density at radius 1 is 0.741 bits per heavy atom. The minimum absolute atomic E-state index is 0.0883. The second kappa shape index (κ2) is 9.19. The molecule has 0 heterocycles. The molecule has 0 saturated heterocycles. The van der Waals surface area contributed by atoms with Crippen LogP contribution in [-0.2, 0) is 29.1 Å². The number of aromatic hydroxyl groups is 2. The van der Waals surface area contributed by atoms with Gasteiger partial charge in [0.1, 0.15) is 11.5 Å². The van der Waals surface area contributed by atoms with Crippen LogP contribution < -0.4 is 0 Å². The lowest BCUT2D eigenvalue weighted by molar-refractivity contribution is 0.174. The van der Waals surface area contributed by atoms with Gasteiger partial charge in [-0.3, -0.25) is 0 Å². The molecule has 0 amide bonds. The van der Waals surface area contributed by atoms with Crippen LogP contribution in [0.5, 0.6) is 11.5 Å². The van der Waals surface area contributed by atoms with Crippen LogP contribution in [0.15, 0.2) is 24.3 Å². The standard InChI is InChI=1S/C21H28O6/c1-12(22)18-8-15(9-19(13(2)23)21(18)25)5-14-6-16(10-26-3)20(24)17(7-14)11-27-4/h6-9,12-13,22-25H,5,10-11H2,1-4H3. The molecule has 0 radical (unpaired) electrons. The van der Waals surface area contributed by atoms with E-state index in [2.05, 4.69) is 0 Å². The third-order valence-electron chi connectivity index (χ3n) is 4.46. The van der Waals surface area contributed by atoms with E-state index in [0.717, 1.165) is 11.1 Å². The number of benzene rings is 2. The average molecular weight is 376 g/mol. The molecule has 0 aliphatic rings. The molecule has 2 atom stereocenters. The summed E-state index contributed by atoms with van der Waals surface area (Å²) in [6.45, 7) is 3.67. The Morgan fingerprint density at radius 2 is 1.15 bits per heavy atom. The number of methoxy groups -OCH3 is 2. The molecule has 2 aromatic rings. The summed E-state index contributed by atoms with van der Waals surface area (Å²) in [5, 5.41) is 40.6. The Morgan fingerprint density at radius 3 is 1.52 bits per heavy atom. The maximum Gasteiger partial charge on any atom is 0.127 e. The molecule has 0 aliphatic carbocycles. The van der Waals surface area contributed by atoms with Gasteiger partial charge in [-0.25, -0.2) is 0 Å². The van der Waals surface area contributed by atoms with Gasteiger partial charge in [-0.2, -0.15) is 0 Å². The van der Waals surface area contributed by atoms with Gasteiger partial charge >= 0.3 is 0 Å². The van der Waals surface area contributed by atoms with Crippen LogP contribution in [0.25, 0.3) is 0 Å². The molecule has 0 aliphatic heterocycles. The van der Waals surface area contributed by atoms with Gasteiger partial charge < -0.3 is 29.9 Å². The van der Waals surface area contributed by atoms with Crippen molar-refractivity contribution in [1.29, 1.82) is 0 Å². The minimum Gasteiger partial charge on any atom is -0.507 e. The molecule has 0 spiro atoms. The quantitative estimate of drug-likeness (QED) is 0.565. The van der Waals surface area contributed by atoms with Gasteiger partial charge in [0.25, 0.3) is 0 Å². The summed E-state index contributed by atoms with van der Waals surface area (Å²) in [6, 6.07) is 7.17. The molecule has 6 nitrogen and oxygen atoms in total. The summed E-state index contributed by atoms with van der Waals surface area (Å²) in [6.07, 6.45) is -1.24. The molecule has 6 heteroatoms. The highest BCUT2D eigenvalue weighted by molar-refractivity contribution is 5.49. The van der Waals surface area contributed by atoms with E-state index in [-0.39, 0.29) is 24.7 Å². The number of aliphatic hydroxyl groups is 2. The van der Waals surface area contributed by atoms with Gasteiger partial charge in [0.15, 0.2) is 0 Å². The maximum absolute atomic E-state index is 10.4. The van der Waals surface area contributed by atoms with Gasteiger partial charge in [0.2, 0.25) is 0 Å². The highest BCUT2D eigenvalue weighted by Crippen LogP contribution is 2.34. The average Bonchev–Trinajstić information content (AvgIpc) is 2.60. The molecule has 4 N–H and O–H groups in total. The van der Waals surface area contributed by atoms with E-state index in [1.807, 2.05) is 12.1 Å². The Labute approximate surface area is 159 Å². The van der Waals surface area contributed by atoms with Gasteiger partial charge in [0.05, 0.1) is 25.4 Å². The molecule has 0 saturated carbocycles. The predicted molar refractivity (Wildman–Crippen MR) is 102 cm³/mol. The Bertz CT molecular complexity index is 726. The monoisotopic (exact) mass is 376 g/mol. The number of rotatable bonds is 8. The summed E-state index contributed by atoms with van der Waals surface area (Å²) >= 11 is 0. The first-order valence-electron chi connectivity index (χ1n) is 8.81. The van der Waals surface area contributed by atoms with Crippen molar-refractivity contribution in [2.75, 3.05) is 14.2 Å². The van der Waals surface area contributed by atoms with Crippen molar-refractivity contribution in [2.45, 2.75) is 45.7 Å². The first-order valence-corrected chi connectivity index (χ1v) is 8.81. The van der Waals surface area contributed by atoms with Crippen LogP contribution >= 0.6 is 0 Å². The van der Waals surface area contributed by atoms with Crippen molar-refractivity contribution in [3.8, 4) is 11.5 Å². The number of phenolic OH excluding ortho intramolecular Hbond substituents is 2. The van der Waals surface area contributed by atoms with Gasteiger partial charge in [0, 0.05) is 36.5 Å². The van der Waals surface area contributed by atoms with Crippen molar-refractivity contribution in [3.63, 3.8) is 0 Å². The summed E-state index contributed by atoms with van der Waals surface area (Å²) in [4.78, 5) is 0. The van der Waals surface area contributed by atoms with Crippen LogP contribution in [0.3, 0.4) is 0 Å². The zero-order valence-electron chi connectivity index (χ0n) is 16.2. The van der Waals surface area contributed by atoms with Gasteiger partial charge in [-0.05, 0) is 55.7 Å². The fourth-order valence-corrected chi connectivity index (χ4v) is 3.18. The fraction of sp³-hybridized carbons (Fsp3) is 0.429. The van der Waals surface area contributed by atoms with Crippen LogP contribution in [-0.4, -0.2) is 34.6 Å². The maximum atomic E-state index is 10.4. The molecule has 0 aromatic heterocycles. The van der Waals surface area contributed by atoms with E-state index in [9.17, 15) is 20.4 Å². The second-order valence-corrected chi connectivity index (χ2v) is 6.78. The topological polar surface area (TPSA) is 99.4 Å². The molecule has 2 unspecified atom stereocenters. The minimum atomic E-state index is -0.865. The lowest BCUT2D eigenvalue weighted by Crippen LogP contribution is -2.03. The summed E-state index contributed by atoms with van der Waals surface area (Å²) in [5.41, 5.74) is 3.81. The van der Waals surface area contributed by atoms with Crippen LogP contribution in [0, 0.1) is 0 Å². The Kier molecular flexibility index (Phi) is 7.21. The number of phenols is 2. The third-order valence-corrected chi connectivity index (χ3v) is 4.46. The molecule has 148 valence electrons. The van der Waals surface area contributed by atoms with E-state index < -0.39 is 12.2 Å². The first kappa shape index (κ1) is 21.2. The number of hydrogen-bond acceptors (Lipinski definition) is 6.